The van der Waals surface area contributed by atoms with Gasteiger partial charge in [-0.2, -0.15) is 18.4 Å². The molecule has 4 aliphatic rings. The summed E-state index contributed by atoms with van der Waals surface area (Å²) >= 11 is 0. The van der Waals surface area contributed by atoms with Crippen molar-refractivity contribution in [2.75, 3.05) is 31.1 Å². The Labute approximate surface area is 255 Å². The van der Waals surface area contributed by atoms with Crippen LogP contribution >= 0.6 is 0 Å². The van der Waals surface area contributed by atoms with E-state index in [1.54, 1.807) is 4.90 Å². The Morgan fingerprint density at radius 1 is 1.14 bits per heavy atom. The van der Waals surface area contributed by atoms with E-state index in [4.69, 9.17) is 10.5 Å². The molecular formula is C30H39F3N4O6S. The van der Waals surface area contributed by atoms with Crippen LogP contribution in [-0.2, 0) is 30.3 Å². The van der Waals surface area contributed by atoms with Gasteiger partial charge in [0.1, 0.15) is 10.8 Å². The Balaban J connectivity index is 1.51. The Hall–Kier alpha value is -2.89. The molecule has 2 unspecified atom stereocenters. The number of nitrogens with zero attached hydrogens (tertiary/aromatic N) is 3. The zero-order valence-electron chi connectivity index (χ0n) is 24.8. The maximum Gasteiger partial charge on any atom is 0.417 e. The standard InChI is InChI=1S/C30H39F3N4O6S/c1-18(2)36-9-11-37(12-10-36)19-7-8-23(22(13-19)30(31,32)33)44(41,42)21-14-25(43-20-5-3-4-6-20)29(15-21,27(39)40)24-16-28(24,17-34)26(35)38/h7-8,13,18,20-21,24-25H,3-6,9-12,14-16H2,1-2H3,(H2,35,38)(H,39,40)/t21-,24?,25+,28?,29+/m1/s1. The second kappa shape index (κ2) is 11.5. The first kappa shape index (κ1) is 32.5. The number of amides is 1. The molecule has 1 aromatic rings. The van der Waals surface area contributed by atoms with Gasteiger partial charge in [-0.05, 0) is 64.2 Å². The van der Waals surface area contributed by atoms with Crippen molar-refractivity contribution in [2.24, 2.45) is 22.5 Å². The topological polar surface area (TPSA) is 154 Å². The smallest absolute Gasteiger partial charge is 0.417 e. The quantitative estimate of drug-likeness (QED) is 0.412. The van der Waals surface area contributed by atoms with Gasteiger partial charge in [0, 0.05) is 43.8 Å². The highest BCUT2D eigenvalue weighted by Gasteiger charge is 2.75. The van der Waals surface area contributed by atoms with Crippen LogP contribution in [0.5, 0.6) is 0 Å². The molecular weight excluding hydrogens is 601 g/mol. The summed E-state index contributed by atoms with van der Waals surface area (Å²) in [6.07, 6.45) is -4.83. The number of alkyl halides is 3. The third-order valence-electron chi connectivity index (χ3n) is 10.3. The predicted molar refractivity (Wildman–Crippen MR) is 153 cm³/mol. The minimum atomic E-state index is -5.00. The third-order valence-corrected chi connectivity index (χ3v) is 12.5. The van der Waals surface area contributed by atoms with Gasteiger partial charge in [0.05, 0.1) is 34.0 Å². The van der Waals surface area contributed by atoms with Crippen molar-refractivity contribution in [1.82, 2.24) is 4.90 Å². The lowest BCUT2D eigenvalue weighted by Gasteiger charge is -2.38. The summed E-state index contributed by atoms with van der Waals surface area (Å²) in [5.74, 6) is -3.59. The molecule has 1 aliphatic heterocycles. The van der Waals surface area contributed by atoms with Crippen LogP contribution in [0.2, 0.25) is 0 Å². The Morgan fingerprint density at radius 2 is 1.77 bits per heavy atom. The van der Waals surface area contributed by atoms with Gasteiger partial charge in [0.15, 0.2) is 9.84 Å². The molecule has 242 valence electrons. The number of carbonyl (C=O) groups is 2. The molecule has 14 heteroatoms. The van der Waals surface area contributed by atoms with Gasteiger partial charge in [-0.1, -0.05) is 12.8 Å². The van der Waals surface area contributed by atoms with Gasteiger partial charge in [0.2, 0.25) is 5.91 Å². The fourth-order valence-corrected chi connectivity index (χ4v) is 9.67. The Kier molecular flexibility index (Phi) is 8.48. The number of benzene rings is 1. The minimum absolute atomic E-state index is 0.186. The van der Waals surface area contributed by atoms with E-state index in [1.165, 1.54) is 6.07 Å². The number of ether oxygens (including phenoxy) is 1. The highest BCUT2D eigenvalue weighted by atomic mass is 32.2. The summed E-state index contributed by atoms with van der Waals surface area (Å²) in [7, 11) is -4.75. The molecule has 3 N–H and O–H groups in total. The second-order valence-electron chi connectivity index (χ2n) is 13.0. The number of nitriles is 1. The number of carbonyl (C=O) groups excluding carboxylic acids is 1. The van der Waals surface area contributed by atoms with E-state index in [9.17, 15) is 41.5 Å². The molecule has 0 radical (unpaired) electrons. The molecule has 0 aromatic heterocycles. The van der Waals surface area contributed by atoms with Crippen LogP contribution in [0.4, 0.5) is 18.9 Å². The van der Waals surface area contributed by atoms with Gasteiger partial charge < -0.3 is 20.5 Å². The maximum absolute atomic E-state index is 14.5. The number of sulfone groups is 1. The molecule has 3 aliphatic carbocycles. The van der Waals surface area contributed by atoms with Gasteiger partial charge in [0.25, 0.3) is 0 Å². The molecule has 5 rings (SSSR count). The number of nitrogens with two attached hydrogens (primary N) is 1. The van der Waals surface area contributed by atoms with Crippen molar-refractivity contribution in [2.45, 2.75) is 93.4 Å². The summed E-state index contributed by atoms with van der Waals surface area (Å²) in [6.45, 7) is 6.34. The number of piperazine rings is 1. The van der Waals surface area contributed by atoms with Gasteiger partial charge in [-0.25, -0.2) is 8.42 Å². The van der Waals surface area contributed by atoms with Crippen LogP contribution in [0.15, 0.2) is 23.1 Å². The average molecular weight is 641 g/mol. The van der Waals surface area contributed by atoms with Crippen LogP contribution in [0.3, 0.4) is 0 Å². The molecule has 44 heavy (non-hydrogen) atoms. The van der Waals surface area contributed by atoms with Crippen LogP contribution in [-0.4, -0.2) is 80.0 Å². The van der Waals surface area contributed by atoms with Crippen molar-refractivity contribution in [3.63, 3.8) is 0 Å². The van der Waals surface area contributed by atoms with E-state index in [1.807, 2.05) is 19.9 Å². The summed E-state index contributed by atoms with van der Waals surface area (Å²) in [5, 5.41) is 18.8. The lowest BCUT2D eigenvalue weighted by molar-refractivity contribution is -0.164. The second-order valence-corrected chi connectivity index (χ2v) is 15.2. The summed E-state index contributed by atoms with van der Waals surface area (Å²) in [4.78, 5) is 28.4. The highest BCUT2D eigenvalue weighted by Crippen LogP contribution is 2.67. The molecule has 1 aromatic carbocycles. The highest BCUT2D eigenvalue weighted by molar-refractivity contribution is 7.92. The number of hydrogen-bond acceptors (Lipinski definition) is 8. The third kappa shape index (κ3) is 5.45. The van der Waals surface area contributed by atoms with Crippen molar-refractivity contribution < 1.29 is 41.0 Å². The number of carboxylic acid groups (broad SMARTS) is 1. The first-order valence-corrected chi connectivity index (χ1v) is 16.7. The van der Waals surface area contributed by atoms with Crippen molar-refractivity contribution in [1.29, 1.82) is 5.26 Å². The summed E-state index contributed by atoms with van der Waals surface area (Å²) < 4.78 is 77.8. The number of halogens is 3. The molecule has 1 saturated heterocycles. The number of anilines is 1. The molecule has 10 nitrogen and oxygen atoms in total. The van der Waals surface area contributed by atoms with Crippen LogP contribution < -0.4 is 10.6 Å². The lowest BCUT2D eigenvalue weighted by Crippen LogP contribution is -2.49. The zero-order chi connectivity index (χ0) is 32.2. The Morgan fingerprint density at radius 3 is 2.27 bits per heavy atom. The zero-order valence-corrected chi connectivity index (χ0v) is 25.7. The maximum atomic E-state index is 14.5. The molecule has 0 bridgehead atoms. The monoisotopic (exact) mass is 640 g/mol. The number of carboxylic acids is 1. The predicted octanol–water partition coefficient (Wildman–Crippen LogP) is 3.59. The normalized spacial score (nSPS) is 31.8. The van der Waals surface area contributed by atoms with Crippen LogP contribution in [0.1, 0.15) is 64.4 Å². The molecule has 5 atom stereocenters. The fraction of sp³-hybridized carbons (Fsp3) is 0.700. The van der Waals surface area contributed by atoms with Crippen LogP contribution in [0.25, 0.3) is 0 Å². The first-order chi connectivity index (χ1) is 20.6. The van der Waals surface area contributed by atoms with Gasteiger partial charge >= 0.3 is 12.1 Å². The van der Waals surface area contributed by atoms with Gasteiger partial charge in [-0.15, -0.1) is 0 Å². The van der Waals surface area contributed by atoms with Crippen molar-refractivity contribution in [3.05, 3.63) is 23.8 Å². The number of rotatable bonds is 9. The number of aliphatic carboxylic acids is 1. The van der Waals surface area contributed by atoms with Crippen molar-refractivity contribution in [3.8, 4) is 6.07 Å². The van der Waals surface area contributed by atoms with E-state index in [-0.39, 0.29) is 30.7 Å². The SMILES string of the molecule is CC(C)N1CCN(c2ccc(S(=O)(=O)[C@@H]3C[C@H](OC4CCCC4)[C@@](C(=O)O)(C4CC4(C#N)C(N)=O)C3)c(C(F)(F)F)c2)CC1. The van der Waals surface area contributed by atoms with E-state index in [0.29, 0.717) is 39.0 Å². The van der Waals surface area contributed by atoms with E-state index < -0.39 is 72.9 Å². The lowest BCUT2D eigenvalue weighted by atomic mass is 9.75. The average Bonchev–Trinajstić information content (AvgIpc) is 3.28. The van der Waals surface area contributed by atoms with E-state index >= 15 is 0 Å². The molecule has 1 amide bonds. The minimum Gasteiger partial charge on any atom is -0.481 e. The molecule has 3 saturated carbocycles. The fourth-order valence-electron chi connectivity index (χ4n) is 7.65. The van der Waals surface area contributed by atoms with Gasteiger partial charge in [-0.3, -0.25) is 14.5 Å². The molecule has 0 spiro atoms. The van der Waals surface area contributed by atoms with Crippen molar-refractivity contribution >= 4 is 27.4 Å². The first-order valence-electron chi connectivity index (χ1n) is 15.1. The molecule has 4 fully saturated rings. The number of primary amides is 1. The van der Waals surface area contributed by atoms with E-state index in [2.05, 4.69) is 4.90 Å². The Bertz CT molecular complexity index is 1450. The summed E-state index contributed by atoms with van der Waals surface area (Å²) in [5.41, 5.74) is 0.650. The summed E-state index contributed by atoms with van der Waals surface area (Å²) in [6, 6.07) is 5.32. The van der Waals surface area contributed by atoms with E-state index in [0.717, 1.165) is 25.0 Å². The van der Waals surface area contributed by atoms with Crippen LogP contribution in [0, 0.1) is 28.1 Å². The number of hydrogen-bond donors (Lipinski definition) is 2. The largest absolute Gasteiger partial charge is 0.481 e. The molecule has 1 heterocycles.